The van der Waals surface area contributed by atoms with E-state index >= 15 is 4.39 Å². The predicted octanol–water partition coefficient (Wildman–Crippen LogP) is 2.09. The van der Waals surface area contributed by atoms with Gasteiger partial charge in [-0.3, -0.25) is 9.69 Å². The highest BCUT2D eigenvalue weighted by molar-refractivity contribution is 5.75. The maximum atomic E-state index is 15.1. The van der Waals surface area contributed by atoms with Gasteiger partial charge in [-0.25, -0.2) is 18.7 Å². The summed E-state index contributed by atoms with van der Waals surface area (Å²) >= 11 is 0. The number of hydrogen-bond donors (Lipinski definition) is 3. The van der Waals surface area contributed by atoms with Crippen LogP contribution in [0.4, 0.5) is 24.8 Å². The number of nitrogens with one attached hydrogen (secondary N) is 1. The first kappa shape index (κ1) is 25.5. The zero-order valence-electron chi connectivity index (χ0n) is 19.3. The van der Waals surface area contributed by atoms with Gasteiger partial charge in [-0.2, -0.15) is 4.39 Å². The van der Waals surface area contributed by atoms with Crippen molar-refractivity contribution in [1.82, 2.24) is 14.9 Å². The van der Waals surface area contributed by atoms with Gasteiger partial charge >= 0.3 is 0 Å². The Balaban J connectivity index is 1.52. The van der Waals surface area contributed by atoms with Crippen molar-refractivity contribution in [2.45, 2.75) is 51.1 Å². The molecular formula is C22H35F3N6O2. The third kappa shape index (κ3) is 6.92. The molecule has 1 amide bonds. The number of rotatable bonds is 9. The Bertz CT molecular complexity index is 801. The number of β-amino-alcohol motifs (C(OH)–C–C–N with tert-alkyl or cyclic N) is 1. The Hall–Kier alpha value is -2.14. The molecule has 1 aliphatic heterocycles. The summed E-state index contributed by atoms with van der Waals surface area (Å²) in [5.41, 5.74) is 5.21. The smallest absolute Gasteiger partial charge is 0.248 e. The highest BCUT2D eigenvalue weighted by Gasteiger charge is 2.37. The number of alkyl halides is 2. The third-order valence-electron chi connectivity index (χ3n) is 6.94. The summed E-state index contributed by atoms with van der Waals surface area (Å²) in [4.78, 5) is 22.7. The number of carbonyl (C=O) groups excluding carboxylic acids is 1. The molecule has 0 spiro atoms. The van der Waals surface area contributed by atoms with Crippen molar-refractivity contribution >= 4 is 17.5 Å². The maximum Gasteiger partial charge on any atom is 0.248 e. The molecule has 1 saturated carbocycles. The van der Waals surface area contributed by atoms with E-state index in [1.807, 2.05) is 0 Å². The first-order chi connectivity index (χ1) is 15.5. The zero-order chi connectivity index (χ0) is 24.2. The minimum Gasteiger partial charge on any atom is -0.391 e. The average molecular weight is 473 g/mol. The van der Waals surface area contributed by atoms with Crippen molar-refractivity contribution in [1.29, 1.82) is 0 Å². The number of aliphatic hydroxyl groups excluding tert-OH is 1. The number of hydrogen-bond acceptors (Lipinski definition) is 7. The number of amides is 1. The van der Waals surface area contributed by atoms with E-state index < -0.39 is 29.7 Å². The third-order valence-corrected chi connectivity index (χ3v) is 6.94. The molecular weight excluding hydrogens is 437 g/mol. The van der Waals surface area contributed by atoms with Gasteiger partial charge in [0.25, 0.3) is 0 Å². The second kappa shape index (κ2) is 10.9. The molecule has 2 atom stereocenters. The van der Waals surface area contributed by atoms with Gasteiger partial charge in [0.15, 0.2) is 11.6 Å². The number of primary amides is 1. The lowest BCUT2D eigenvalue weighted by molar-refractivity contribution is -0.120. The Morgan fingerprint density at radius 2 is 2.00 bits per heavy atom. The van der Waals surface area contributed by atoms with Crippen LogP contribution in [0.5, 0.6) is 0 Å². The summed E-state index contributed by atoms with van der Waals surface area (Å²) in [7, 11) is 1.74. The van der Waals surface area contributed by atoms with Crippen molar-refractivity contribution in [2.24, 2.45) is 23.5 Å². The summed E-state index contributed by atoms with van der Waals surface area (Å²) < 4.78 is 42.2. The molecule has 0 aromatic carbocycles. The van der Waals surface area contributed by atoms with Crippen molar-refractivity contribution in [2.75, 3.05) is 50.0 Å². The summed E-state index contributed by atoms with van der Waals surface area (Å²) in [5, 5.41) is 13.4. The molecule has 4 N–H and O–H groups in total. The van der Waals surface area contributed by atoms with Gasteiger partial charge < -0.3 is 21.1 Å². The fourth-order valence-electron chi connectivity index (χ4n) is 4.95. The second-order valence-corrected chi connectivity index (χ2v) is 9.61. The second-order valence-electron chi connectivity index (χ2n) is 9.61. The zero-order valence-corrected chi connectivity index (χ0v) is 19.3. The number of nitrogens with zero attached hydrogens (tertiary/aromatic N) is 4. The van der Waals surface area contributed by atoms with E-state index in [1.165, 1.54) is 6.33 Å². The van der Waals surface area contributed by atoms with Gasteiger partial charge in [0.2, 0.25) is 17.6 Å². The van der Waals surface area contributed by atoms with Crippen LogP contribution in [0.3, 0.4) is 0 Å². The Morgan fingerprint density at radius 3 is 2.61 bits per heavy atom. The highest BCUT2D eigenvalue weighted by atomic mass is 19.3. The van der Waals surface area contributed by atoms with Crippen molar-refractivity contribution < 1.29 is 23.1 Å². The number of likely N-dealkylation sites (tertiary alicyclic amines) is 1. The molecule has 1 saturated heterocycles. The van der Waals surface area contributed by atoms with Gasteiger partial charge in [-0.05, 0) is 51.5 Å². The summed E-state index contributed by atoms with van der Waals surface area (Å²) in [6.07, 6.45) is 3.58. The van der Waals surface area contributed by atoms with Crippen LogP contribution >= 0.6 is 0 Å². The molecule has 2 heterocycles. The van der Waals surface area contributed by atoms with Crippen LogP contribution < -0.4 is 16.0 Å². The number of aromatic nitrogens is 2. The molecule has 3 rings (SSSR count). The molecule has 8 nitrogen and oxygen atoms in total. The summed E-state index contributed by atoms with van der Waals surface area (Å²) in [6.45, 7) is 2.92. The van der Waals surface area contributed by atoms with Gasteiger partial charge in [0, 0.05) is 38.5 Å². The van der Waals surface area contributed by atoms with Gasteiger partial charge in [0.1, 0.15) is 6.33 Å². The molecule has 2 aliphatic rings. The quantitative estimate of drug-likeness (QED) is 0.505. The SMILES string of the molecule is CN(CC1CCC(C(C)(F)F)CC1)c1ncnc(NC[C@H]2CCN(CC(N)=O)C[C@@H]2O)c1F. The first-order valence-electron chi connectivity index (χ1n) is 11.6. The minimum absolute atomic E-state index is 0.0629. The summed E-state index contributed by atoms with van der Waals surface area (Å²) in [5.74, 6) is -3.92. The number of piperidine rings is 1. The minimum atomic E-state index is -2.65. The van der Waals surface area contributed by atoms with Crippen LogP contribution in [0, 0.1) is 23.6 Å². The Labute approximate surface area is 192 Å². The van der Waals surface area contributed by atoms with Crippen LogP contribution in [0.2, 0.25) is 0 Å². The van der Waals surface area contributed by atoms with Crippen LogP contribution in [0.15, 0.2) is 6.33 Å². The van der Waals surface area contributed by atoms with E-state index in [1.54, 1.807) is 16.8 Å². The van der Waals surface area contributed by atoms with E-state index in [9.17, 15) is 18.7 Å². The number of halogens is 3. The first-order valence-corrected chi connectivity index (χ1v) is 11.6. The van der Waals surface area contributed by atoms with Crippen LogP contribution in [0.1, 0.15) is 39.0 Å². The standard InChI is InChI=1S/C22H35F3N6O2/c1-22(24,25)16-5-3-14(4-6-16)10-30(2)21-19(23)20(28-13-29-21)27-9-15-7-8-31(11-17(15)32)12-18(26)33/h13-17,32H,3-12H2,1-2H3,(H2,26,33)(H,27,28,29)/t14?,15-,16?,17+/m1/s1. The molecule has 0 bridgehead atoms. The molecule has 2 fully saturated rings. The molecule has 1 aromatic heterocycles. The van der Waals surface area contributed by atoms with E-state index in [4.69, 9.17) is 5.73 Å². The largest absolute Gasteiger partial charge is 0.391 e. The van der Waals surface area contributed by atoms with Gasteiger partial charge in [-0.1, -0.05) is 0 Å². The Morgan fingerprint density at radius 1 is 1.30 bits per heavy atom. The molecule has 11 heteroatoms. The van der Waals surface area contributed by atoms with Gasteiger partial charge in [-0.15, -0.1) is 0 Å². The molecule has 33 heavy (non-hydrogen) atoms. The van der Waals surface area contributed by atoms with E-state index in [0.29, 0.717) is 58.3 Å². The number of anilines is 2. The lowest BCUT2D eigenvalue weighted by Crippen LogP contribution is -2.48. The van der Waals surface area contributed by atoms with Crippen LogP contribution in [0.25, 0.3) is 0 Å². The van der Waals surface area contributed by atoms with E-state index in [2.05, 4.69) is 15.3 Å². The molecule has 186 valence electrons. The van der Waals surface area contributed by atoms with Crippen LogP contribution in [-0.2, 0) is 4.79 Å². The molecule has 1 aromatic rings. The number of nitrogens with two attached hydrogens (primary N) is 1. The monoisotopic (exact) mass is 472 g/mol. The average Bonchev–Trinajstić information content (AvgIpc) is 2.73. The number of carbonyl (C=O) groups is 1. The topological polar surface area (TPSA) is 108 Å². The maximum absolute atomic E-state index is 15.1. The fourth-order valence-corrected chi connectivity index (χ4v) is 4.95. The fraction of sp³-hybridized carbons (Fsp3) is 0.773. The van der Waals surface area contributed by atoms with Crippen molar-refractivity contribution in [3.8, 4) is 0 Å². The van der Waals surface area contributed by atoms with E-state index in [0.717, 1.165) is 6.92 Å². The normalized spacial score (nSPS) is 26.7. The predicted molar refractivity (Wildman–Crippen MR) is 120 cm³/mol. The Kier molecular flexibility index (Phi) is 8.38. The number of aliphatic hydroxyl groups is 1. The van der Waals surface area contributed by atoms with Gasteiger partial charge in [0.05, 0.1) is 12.6 Å². The van der Waals surface area contributed by atoms with Crippen LogP contribution in [-0.4, -0.2) is 77.7 Å². The molecule has 0 unspecified atom stereocenters. The van der Waals surface area contributed by atoms with E-state index in [-0.39, 0.29) is 30.0 Å². The highest BCUT2D eigenvalue weighted by Crippen LogP contribution is 2.39. The lowest BCUT2D eigenvalue weighted by Gasteiger charge is -2.35. The van der Waals surface area contributed by atoms with Crippen molar-refractivity contribution in [3.63, 3.8) is 0 Å². The molecule has 0 radical (unpaired) electrons. The van der Waals surface area contributed by atoms with Crippen molar-refractivity contribution in [3.05, 3.63) is 12.1 Å². The summed E-state index contributed by atoms with van der Waals surface area (Å²) in [6, 6.07) is 0. The molecule has 1 aliphatic carbocycles. The lowest BCUT2D eigenvalue weighted by atomic mass is 9.79.